The van der Waals surface area contributed by atoms with Gasteiger partial charge >= 0.3 is 6.95 Å². The molecule has 0 atom stereocenters. The first-order valence-corrected chi connectivity index (χ1v) is 5.65. The van der Waals surface area contributed by atoms with Crippen LogP contribution in [0.25, 0.3) is 0 Å². The first-order valence-electron chi connectivity index (χ1n) is 3.20. The standard InChI is InChI=1S/C6H10ClO3P/c1-3-6(2)4-9-11(7,8)10-5-6/h3H,1,4-5H2,2H3. The van der Waals surface area contributed by atoms with E-state index >= 15 is 0 Å². The maximum absolute atomic E-state index is 10.9. The van der Waals surface area contributed by atoms with Crippen molar-refractivity contribution in [2.24, 2.45) is 5.41 Å². The van der Waals surface area contributed by atoms with Crippen LogP contribution in [0.3, 0.4) is 0 Å². The molecule has 0 unspecified atom stereocenters. The largest absolute Gasteiger partial charge is 0.424 e. The van der Waals surface area contributed by atoms with Crippen molar-refractivity contribution in [1.82, 2.24) is 0 Å². The van der Waals surface area contributed by atoms with Gasteiger partial charge in [-0.15, -0.1) is 6.58 Å². The van der Waals surface area contributed by atoms with Gasteiger partial charge in [-0.1, -0.05) is 13.0 Å². The Balaban J connectivity index is 2.61. The summed E-state index contributed by atoms with van der Waals surface area (Å²) >= 11 is 5.33. The average Bonchev–Trinajstić information content (AvgIpc) is 1.97. The third-order valence-electron chi connectivity index (χ3n) is 1.59. The first-order chi connectivity index (χ1) is 4.97. The maximum Gasteiger partial charge on any atom is 0.424 e. The molecule has 0 bridgehead atoms. The van der Waals surface area contributed by atoms with Crippen LogP contribution in [0.2, 0.25) is 0 Å². The molecular formula is C6H10ClO3P. The minimum absolute atomic E-state index is 0.261. The summed E-state index contributed by atoms with van der Waals surface area (Å²) in [5.74, 6) is 0. The van der Waals surface area contributed by atoms with Gasteiger partial charge in [0.2, 0.25) is 0 Å². The zero-order valence-electron chi connectivity index (χ0n) is 6.25. The van der Waals surface area contributed by atoms with Crippen LogP contribution in [0.15, 0.2) is 12.7 Å². The summed E-state index contributed by atoms with van der Waals surface area (Å²) in [5, 5.41) is 0. The lowest BCUT2D eigenvalue weighted by molar-refractivity contribution is 0.0681. The molecule has 64 valence electrons. The molecule has 0 saturated carbocycles. The van der Waals surface area contributed by atoms with Gasteiger partial charge in [-0.2, -0.15) is 0 Å². The molecule has 0 amide bonds. The highest BCUT2D eigenvalue weighted by molar-refractivity contribution is 7.81. The van der Waals surface area contributed by atoms with Crippen molar-refractivity contribution >= 4 is 18.2 Å². The maximum atomic E-state index is 10.9. The molecule has 0 radical (unpaired) electrons. The second-order valence-electron chi connectivity index (χ2n) is 2.84. The Kier molecular flexibility index (Phi) is 2.45. The molecule has 11 heavy (non-hydrogen) atoms. The predicted molar refractivity (Wildman–Crippen MR) is 43.7 cm³/mol. The lowest BCUT2D eigenvalue weighted by Gasteiger charge is -2.31. The zero-order chi connectivity index (χ0) is 8.54. The van der Waals surface area contributed by atoms with E-state index in [1.165, 1.54) is 0 Å². The van der Waals surface area contributed by atoms with E-state index in [2.05, 4.69) is 6.58 Å². The van der Waals surface area contributed by atoms with Gasteiger partial charge in [-0.05, 0) is 0 Å². The summed E-state index contributed by atoms with van der Waals surface area (Å²) in [7, 11) is 0. The second-order valence-corrected chi connectivity index (χ2v) is 5.46. The molecule has 3 nitrogen and oxygen atoms in total. The van der Waals surface area contributed by atoms with E-state index in [-0.39, 0.29) is 5.41 Å². The van der Waals surface area contributed by atoms with Gasteiger partial charge in [0.15, 0.2) is 0 Å². The van der Waals surface area contributed by atoms with Crippen molar-refractivity contribution in [3.63, 3.8) is 0 Å². The molecule has 1 aliphatic heterocycles. The Bertz CT molecular complexity index is 204. The highest BCUT2D eigenvalue weighted by atomic mass is 35.7. The Morgan fingerprint density at radius 3 is 2.45 bits per heavy atom. The lowest BCUT2D eigenvalue weighted by atomic mass is 9.94. The number of hydrogen-bond acceptors (Lipinski definition) is 3. The molecule has 1 fully saturated rings. The highest BCUT2D eigenvalue weighted by Crippen LogP contribution is 2.58. The molecule has 1 saturated heterocycles. The smallest absolute Gasteiger partial charge is 0.296 e. The molecule has 0 aromatic heterocycles. The highest BCUT2D eigenvalue weighted by Gasteiger charge is 2.35. The zero-order valence-corrected chi connectivity index (χ0v) is 7.90. The Morgan fingerprint density at radius 1 is 1.64 bits per heavy atom. The third kappa shape index (κ3) is 2.31. The Hall–Kier alpha value is 0.180. The minimum Gasteiger partial charge on any atom is -0.296 e. The molecule has 1 aliphatic rings. The predicted octanol–water partition coefficient (Wildman–Crippen LogP) is 2.57. The monoisotopic (exact) mass is 196 g/mol. The SMILES string of the molecule is C=CC1(C)COP(=O)(Cl)OC1. The molecule has 0 aromatic rings. The van der Waals surface area contributed by atoms with Crippen LogP contribution < -0.4 is 0 Å². The van der Waals surface area contributed by atoms with Crippen LogP contribution >= 0.6 is 18.2 Å². The fourth-order valence-corrected chi connectivity index (χ4v) is 1.91. The van der Waals surface area contributed by atoms with Gasteiger partial charge in [0.25, 0.3) is 0 Å². The van der Waals surface area contributed by atoms with Crippen molar-refractivity contribution in [2.75, 3.05) is 13.2 Å². The van der Waals surface area contributed by atoms with Gasteiger partial charge in [-0.25, -0.2) is 4.57 Å². The van der Waals surface area contributed by atoms with E-state index in [4.69, 9.17) is 20.3 Å². The summed E-state index contributed by atoms with van der Waals surface area (Å²) in [5.41, 5.74) is -0.261. The Morgan fingerprint density at radius 2 is 2.09 bits per heavy atom. The first kappa shape index (κ1) is 9.27. The molecule has 0 aromatic carbocycles. The third-order valence-corrected chi connectivity index (χ3v) is 3.05. The topological polar surface area (TPSA) is 35.5 Å². The fourth-order valence-electron chi connectivity index (χ4n) is 0.646. The van der Waals surface area contributed by atoms with Gasteiger partial charge in [0.1, 0.15) is 0 Å². The summed E-state index contributed by atoms with van der Waals surface area (Å²) < 4.78 is 20.5. The van der Waals surface area contributed by atoms with Gasteiger partial charge in [-0.3, -0.25) is 9.05 Å². The van der Waals surface area contributed by atoms with Gasteiger partial charge in [0.05, 0.1) is 13.2 Å². The summed E-state index contributed by atoms with van der Waals surface area (Å²) in [6, 6.07) is 0. The number of hydrogen-bond donors (Lipinski definition) is 0. The summed E-state index contributed by atoms with van der Waals surface area (Å²) in [4.78, 5) is 0. The number of rotatable bonds is 1. The van der Waals surface area contributed by atoms with E-state index in [9.17, 15) is 4.57 Å². The number of halogens is 1. The van der Waals surface area contributed by atoms with E-state index in [1.807, 2.05) is 6.92 Å². The van der Waals surface area contributed by atoms with Crippen LogP contribution in [0.4, 0.5) is 0 Å². The average molecular weight is 197 g/mol. The Labute approximate surface area is 70.7 Å². The van der Waals surface area contributed by atoms with E-state index in [0.717, 1.165) is 0 Å². The van der Waals surface area contributed by atoms with Crippen LogP contribution in [-0.4, -0.2) is 13.2 Å². The van der Waals surface area contributed by atoms with Crippen molar-refractivity contribution in [3.05, 3.63) is 12.7 Å². The molecular weight excluding hydrogens is 186 g/mol. The molecule has 5 heteroatoms. The second kappa shape index (κ2) is 2.91. The van der Waals surface area contributed by atoms with Gasteiger partial charge in [0, 0.05) is 16.7 Å². The van der Waals surface area contributed by atoms with Gasteiger partial charge < -0.3 is 0 Å². The molecule has 1 heterocycles. The minimum atomic E-state index is -3.26. The van der Waals surface area contributed by atoms with Crippen LogP contribution in [0.1, 0.15) is 6.92 Å². The van der Waals surface area contributed by atoms with E-state index < -0.39 is 6.95 Å². The lowest BCUT2D eigenvalue weighted by Crippen LogP contribution is -2.29. The normalized spacial score (nSPS) is 45.3. The molecule has 0 aliphatic carbocycles. The van der Waals surface area contributed by atoms with Crippen molar-refractivity contribution in [3.8, 4) is 0 Å². The van der Waals surface area contributed by atoms with Crippen molar-refractivity contribution < 1.29 is 13.6 Å². The summed E-state index contributed by atoms with van der Waals surface area (Å²) in [6.45, 7) is 2.86. The molecule has 0 spiro atoms. The van der Waals surface area contributed by atoms with Crippen LogP contribution in [0.5, 0.6) is 0 Å². The van der Waals surface area contributed by atoms with E-state index in [1.54, 1.807) is 6.08 Å². The molecule has 1 rings (SSSR count). The quantitative estimate of drug-likeness (QED) is 0.478. The summed E-state index contributed by atoms with van der Waals surface area (Å²) in [6.07, 6.45) is 1.71. The van der Waals surface area contributed by atoms with Crippen LogP contribution in [-0.2, 0) is 13.6 Å². The van der Waals surface area contributed by atoms with E-state index in [0.29, 0.717) is 13.2 Å². The van der Waals surface area contributed by atoms with Crippen molar-refractivity contribution in [1.29, 1.82) is 0 Å². The van der Waals surface area contributed by atoms with Crippen molar-refractivity contribution in [2.45, 2.75) is 6.92 Å². The van der Waals surface area contributed by atoms with Crippen LogP contribution in [0, 0.1) is 5.41 Å². The molecule has 0 N–H and O–H groups in total. The fraction of sp³-hybridized carbons (Fsp3) is 0.667.